The lowest BCUT2D eigenvalue weighted by atomic mass is 10.2. The highest BCUT2D eigenvalue weighted by atomic mass is 16.6. The third-order valence-electron chi connectivity index (χ3n) is 2.83. The molecule has 0 spiro atoms. The Morgan fingerprint density at radius 3 is 2.05 bits per heavy atom. The first-order valence-corrected chi connectivity index (χ1v) is 7.19. The normalized spacial score (nSPS) is 14.5. The molecule has 0 amide bonds. The van der Waals surface area contributed by atoms with E-state index in [1.807, 2.05) is 0 Å². The van der Waals surface area contributed by atoms with Crippen LogP contribution in [0.4, 0.5) is 0 Å². The lowest BCUT2D eigenvalue weighted by molar-refractivity contribution is -0.166. The van der Waals surface area contributed by atoms with E-state index in [0.29, 0.717) is 12.8 Å². The van der Waals surface area contributed by atoms with Crippen LogP contribution in [-0.4, -0.2) is 60.1 Å². The molecule has 0 heterocycles. The fraction of sp³-hybridized carbons (Fsp3) is 0.786. The Hall–Kier alpha value is -1.67. The maximum Gasteiger partial charge on any atom is 0.308 e. The molecule has 8 nitrogen and oxygen atoms in total. The Morgan fingerprint density at radius 2 is 1.55 bits per heavy atom. The highest BCUT2D eigenvalue weighted by Gasteiger charge is 2.20. The van der Waals surface area contributed by atoms with Crippen LogP contribution in [0, 0.1) is 0 Å². The van der Waals surface area contributed by atoms with E-state index in [0.717, 1.165) is 0 Å². The Morgan fingerprint density at radius 1 is 1.00 bits per heavy atom. The van der Waals surface area contributed by atoms with Gasteiger partial charge in [-0.05, 0) is 12.8 Å². The van der Waals surface area contributed by atoms with E-state index in [9.17, 15) is 24.6 Å². The molecule has 0 aromatic heterocycles. The second-order valence-corrected chi connectivity index (χ2v) is 4.76. The summed E-state index contributed by atoms with van der Waals surface area (Å²) < 4.78 is 14.4. The van der Waals surface area contributed by atoms with Gasteiger partial charge in [0.25, 0.3) is 6.47 Å². The van der Waals surface area contributed by atoms with E-state index in [1.165, 1.54) is 0 Å². The molecular weight excluding hydrogens is 296 g/mol. The molecule has 0 fully saturated rings. The second-order valence-electron chi connectivity index (χ2n) is 4.76. The van der Waals surface area contributed by atoms with E-state index in [1.54, 1.807) is 13.8 Å². The highest BCUT2D eigenvalue weighted by Crippen LogP contribution is 2.05. The lowest BCUT2D eigenvalue weighted by Gasteiger charge is -2.18. The number of hydrogen-bond donors (Lipinski definition) is 2. The first-order valence-electron chi connectivity index (χ1n) is 7.19. The third kappa shape index (κ3) is 10.1. The SMILES string of the molecule is CCC(O)CC(=O)OCC(COC=O)OC(=O)CC(O)CC. The molecule has 8 heteroatoms. The van der Waals surface area contributed by atoms with Crippen molar-refractivity contribution in [3.8, 4) is 0 Å². The van der Waals surface area contributed by atoms with Crippen LogP contribution in [0.2, 0.25) is 0 Å². The number of carbonyl (C=O) groups is 3. The smallest absolute Gasteiger partial charge is 0.308 e. The van der Waals surface area contributed by atoms with Crippen molar-refractivity contribution in [2.24, 2.45) is 0 Å². The van der Waals surface area contributed by atoms with Gasteiger partial charge in [0.15, 0.2) is 6.10 Å². The summed E-state index contributed by atoms with van der Waals surface area (Å²) in [4.78, 5) is 33.2. The number of rotatable bonds is 12. The Kier molecular flexibility index (Phi) is 11.0. The quantitative estimate of drug-likeness (QED) is 0.291. The molecule has 0 radical (unpaired) electrons. The predicted molar refractivity (Wildman–Crippen MR) is 74.7 cm³/mol. The van der Waals surface area contributed by atoms with Gasteiger partial charge in [0.05, 0.1) is 25.0 Å². The van der Waals surface area contributed by atoms with Crippen LogP contribution < -0.4 is 0 Å². The summed E-state index contributed by atoms with van der Waals surface area (Å²) in [7, 11) is 0. The zero-order valence-electron chi connectivity index (χ0n) is 12.9. The molecule has 22 heavy (non-hydrogen) atoms. The topological polar surface area (TPSA) is 119 Å². The number of hydrogen-bond acceptors (Lipinski definition) is 8. The zero-order chi connectivity index (χ0) is 17.0. The maximum absolute atomic E-state index is 11.5. The average molecular weight is 320 g/mol. The van der Waals surface area contributed by atoms with Crippen LogP contribution in [0.3, 0.4) is 0 Å². The van der Waals surface area contributed by atoms with E-state index in [4.69, 9.17) is 9.47 Å². The average Bonchev–Trinajstić information content (AvgIpc) is 2.49. The molecular formula is C14H24O8. The van der Waals surface area contributed by atoms with Gasteiger partial charge in [-0.1, -0.05) is 13.8 Å². The molecule has 0 rings (SSSR count). The summed E-state index contributed by atoms with van der Waals surface area (Å²) in [6.07, 6.45) is -2.12. The van der Waals surface area contributed by atoms with Crippen LogP contribution in [0.5, 0.6) is 0 Å². The molecule has 0 aliphatic heterocycles. The molecule has 3 unspecified atom stereocenters. The summed E-state index contributed by atoms with van der Waals surface area (Å²) in [5.74, 6) is -1.33. The molecule has 0 saturated heterocycles. The van der Waals surface area contributed by atoms with Crippen LogP contribution in [0.25, 0.3) is 0 Å². The van der Waals surface area contributed by atoms with Crippen molar-refractivity contribution < 1.29 is 38.8 Å². The van der Waals surface area contributed by atoms with Gasteiger partial charge in [0.2, 0.25) is 0 Å². The molecule has 0 aromatic carbocycles. The van der Waals surface area contributed by atoms with Crippen LogP contribution >= 0.6 is 0 Å². The van der Waals surface area contributed by atoms with Crippen molar-refractivity contribution in [2.45, 2.75) is 57.8 Å². The molecule has 2 N–H and O–H groups in total. The molecule has 0 saturated carbocycles. The van der Waals surface area contributed by atoms with Gasteiger partial charge in [-0.3, -0.25) is 14.4 Å². The number of carbonyl (C=O) groups excluding carboxylic acids is 3. The Bertz CT molecular complexity index is 344. The lowest BCUT2D eigenvalue weighted by Crippen LogP contribution is -2.31. The van der Waals surface area contributed by atoms with E-state index in [2.05, 4.69) is 4.74 Å². The number of ether oxygens (including phenoxy) is 3. The summed E-state index contributed by atoms with van der Waals surface area (Å²) in [5, 5.41) is 18.7. The Balaban J connectivity index is 4.29. The molecule has 0 aromatic rings. The highest BCUT2D eigenvalue weighted by molar-refractivity contribution is 5.71. The van der Waals surface area contributed by atoms with Gasteiger partial charge in [-0.25, -0.2) is 0 Å². The van der Waals surface area contributed by atoms with E-state index in [-0.39, 0.29) is 32.5 Å². The summed E-state index contributed by atoms with van der Waals surface area (Å²) >= 11 is 0. The van der Waals surface area contributed by atoms with Gasteiger partial charge in [0, 0.05) is 0 Å². The third-order valence-corrected chi connectivity index (χ3v) is 2.83. The summed E-state index contributed by atoms with van der Waals surface area (Å²) in [6, 6.07) is 0. The molecule has 3 atom stereocenters. The van der Waals surface area contributed by atoms with E-state index >= 15 is 0 Å². The Labute approximate surface area is 129 Å². The van der Waals surface area contributed by atoms with Crippen molar-refractivity contribution in [2.75, 3.05) is 13.2 Å². The van der Waals surface area contributed by atoms with Crippen molar-refractivity contribution in [3.63, 3.8) is 0 Å². The van der Waals surface area contributed by atoms with Crippen LogP contribution in [0.15, 0.2) is 0 Å². The number of aliphatic hydroxyl groups excluding tert-OH is 2. The minimum Gasteiger partial charge on any atom is -0.464 e. The van der Waals surface area contributed by atoms with Gasteiger partial charge in [0.1, 0.15) is 13.2 Å². The molecule has 128 valence electrons. The van der Waals surface area contributed by atoms with Crippen LogP contribution in [-0.2, 0) is 28.6 Å². The van der Waals surface area contributed by atoms with Gasteiger partial charge < -0.3 is 24.4 Å². The van der Waals surface area contributed by atoms with E-state index < -0.39 is 30.3 Å². The van der Waals surface area contributed by atoms with Crippen molar-refractivity contribution in [3.05, 3.63) is 0 Å². The van der Waals surface area contributed by atoms with Gasteiger partial charge in [-0.2, -0.15) is 0 Å². The van der Waals surface area contributed by atoms with Crippen LogP contribution in [0.1, 0.15) is 39.5 Å². The maximum atomic E-state index is 11.5. The minimum atomic E-state index is -0.954. The predicted octanol–water partition coefficient (Wildman–Crippen LogP) is -0.0636. The zero-order valence-corrected chi connectivity index (χ0v) is 12.9. The number of aliphatic hydroxyl groups is 2. The molecule has 0 bridgehead atoms. The first-order chi connectivity index (χ1) is 10.4. The second kappa shape index (κ2) is 11.9. The molecule has 0 aliphatic rings. The summed E-state index contributed by atoms with van der Waals surface area (Å²) in [5.41, 5.74) is 0. The van der Waals surface area contributed by atoms with Gasteiger partial charge in [-0.15, -0.1) is 0 Å². The number of esters is 2. The summed E-state index contributed by atoms with van der Waals surface area (Å²) in [6.45, 7) is 3.06. The fourth-order valence-electron chi connectivity index (χ4n) is 1.42. The minimum absolute atomic E-state index is 0.166. The standard InChI is InChI=1S/C14H24O8/c1-3-10(16)5-13(18)21-8-12(7-20-9-15)22-14(19)6-11(17)4-2/h9-12,16-17H,3-8H2,1-2H3. The monoisotopic (exact) mass is 320 g/mol. The van der Waals surface area contributed by atoms with Gasteiger partial charge >= 0.3 is 11.9 Å². The molecule has 0 aliphatic carbocycles. The van der Waals surface area contributed by atoms with Crippen molar-refractivity contribution in [1.29, 1.82) is 0 Å². The first kappa shape index (κ1) is 20.3. The largest absolute Gasteiger partial charge is 0.464 e. The fourth-order valence-corrected chi connectivity index (χ4v) is 1.42. The van der Waals surface area contributed by atoms with Crippen molar-refractivity contribution >= 4 is 18.4 Å². The van der Waals surface area contributed by atoms with Crippen molar-refractivity contribution in [1.82, 2.24) is 0 Å².